The first-order chi connectivity index (χ1) is 6.22. The number of benzene rings is 1. The maximum atomic E-state index is 10.1. The zero-order valence-corrected chi connectivity index (χ0v) is 8.01. The van der Waals surface area contributed by atoms with Crippen LogP contribution >= 0.6 is 23.2 Å². The monoisotopic (exact) mass is 216 g/mol. The summed E-state index contributed by atoms with van der Waals surface area (Å²) in [4.78, 5) is 10.1. The van der Waals surface area contributed by atoms with E-state index in [0.29, 0.717) is 17.0 Å². The lowest BCUT2D eigenvalue weighted by Gasteiger charge is -1.99. The highest BCUT2D eigenvalue weighted by atomic mass is 35.5. The average Bonchev–Trinajstić information content (AvgIpc) is 2.14. The number of rotatable bonds is 3. The minimum absolute atomic E-state index is 0.139. The molecule has 0 radical (unpaired) electrons. The molecule has 0 aliphatic carbocycles. The molecule has 5 heteroatoms. The lowest BCUT2D eigenvalue weighted by atomic mass is 10.3. The molecule has 0 aromatic heterocycles. The van der Waals surface area contributed by atoms with E-state index in [1.165, 1.54) is 0 Å². The third-order valence-corrected chi connectivity index (χ3v) is 1.62. The molecule has 0 amide bonds. The van der Waals surface area contributed by atoms with E-state index < -0.39 is 0 Å². The maximum absolute atomic E-state index is 10.1. The van der Waals surface area contributed by atoms with E-state index in [0.717, 1.165) is 0 Å². The summed E-state index contributed by atoms with van der Waals surface area (Å²) in [6.07, 6.45) is 0.444. The molecule has 0 spiro atoms. The molecule has 0 atom stereocenters. The maximum Gasteiger partial charge on any atom is 0.189 e. The van der Waals surface area contributed by atoms with Gasteiger partial charge in [0.25, 0.3) is 0 Å². The summed E-state index contributed by atoms with van der Waals surface area (Å²) in [6, 6.07) is 6.91. The van der Waals surface area contributed by atoms with Crippen molar-refractivity contribution in [1.29, 1.82) is 0 Å². The molecule has 1 aromatic rings. The number of anilines is 1. The van der Waals surface area contributed by atoms with Gasteiger partial charge in [-0.15, -0.1) is 0 Å². The third-order valence-electron chi connectivity index (χ3n) is 1.21. The van der Waals surface area contributed by atoms with Crippen molar-refractivity contribution in [2.45, 2.75) is 0 Å². The lowest BCUT2D eigenvalue weighted by Crippen LogP contribution is -1.95. The van der Waals surface area contributed by atoms with Crippen LogP contribution in [0.3, 0.4) is 0 Å². The van der Waals surface area contributed by atoms with E-state index in [-0.39, 0.29) is 5.17 Å². The molecule has 0 aliphatic heterocycles. The number of aldehydes is 1. The molecule has 3 nitrogen and oxygen atoms in total. The number of hydrazone groups is 1. The molecule has 0 saturated carbocycles. The molecule has 0 bridgehead atoms. The number of halogens is 2. The van der Waals surface area contributed by atoms with Crippen LogP contribution in [-0.2, 0) is 4.79 Å². The van der Waals surface area contributed by atoms with Gasteiger partial charge in [0.1, 0.15) is 0 Å². The van der Waals surface area contributed by atoms with Crippen LogP contribution in [0.4, 0.5) is 5.69 Å². The predicted octanol–water partition coefficient (Wildman–Crippen LogP) is 2.50. The van der Waals surface area contributed by atoms with E-state index in [4.69, 9.17) is 23.2 Å². The quantitative estimate of drug-likeness (QED) is 0.480. The van der Waals surface area contributed by atoms with E-state index in [9.17, 15) is 4.79 Å². The number of nitrogens with zero attached hydrogens (tertiary/aromatic N) is 1. The average molecular weight is 217 g/mol. The van der Waals surface area contributed by atoms with Crippen molar-refractivity contribution in [2.24, 2.45) is 5.10 Å². The fourth-order valence-corrected chi connectivity index (χ4v) is 0.935. The van der Waals surface area contributed by atoms with E-state index in [1.807, 2.05) is 0 Å². The molecule has 0 aliphatic rings. The molecule has 1 rings (SSSR count). The Balaban J connectivity index is 2.70. The van der Waals surface area contributed by atoms with Gasteiger partial charge in [0, 0.05) is 5.02 Å². The van der Waals surface area contributed by atoms with Crippen LogP contribution in [0.2, 0.25) is 5.02 Å². The van der Waals surface area contributed by atoms with Crippen molar-refractivity contribution in [1.82, 2.24) is 0 Å². The van der Waals surface area contributed by atoms with Crippen LogP contribution in [0.15, 0.2) is 29.4 Å². The standard InChI is InChI=1S/C8H6Cl2N2O/c9-6-2-1-3-7(4-6)11-12-8(10)5-13/h1-5,11H/b12-8-. The summed E-state index contributed by atoms with van der Waals surface area (Å²) in [5.74, 6) is 0. The normalized spacial score (nSPS) is 11.1. The van der Waals surface area contributed by atoms with Crippen molar-refractivity contribution < 1.29 is 4.79 Å². The van der Waals surface area contributed by atoms with Crippen LogP contribution < -0.4 is 5.43 Å². The zero-order chi connectivity index (χ0) is 9.68. The topological polar surface area (TPSA) is 41.5 Å². The van der Waals surface area contributed by atoms with Crippen LogP contribution in [-0.4, -0.2) is 11.5 Å². The second-order valence-corrected chi connectivity index (χ2v) is 3.00. The van der Waals surface area contributed by atoms with Gasteiger partial charge in [0.2, 0.25) is 0 Å². The zero-order valence-electron chi connectivity index (χ0n) is 6.50. The van der Waals surface area contributed by atoms with Gasteiger partial charge >= 0.3 is 0 Å². The predicted molar refractivity (Wildman–Crippen MR) is 54.4 cm³/mol. The van der Waals surface area contributed by atoms with E-state index in [2.05, 4.69) is 10.5 Å². The summed E-state index contributed by atoms with van der Waals surface area (Å²) in [5.41, 5.74) is 3.25. The molecule has 68 valence electrons. The first-order valence-electron chi connectivity index (χ1n) is 3.42. The highest BCUT2D eigenvalue weighted by molar-refractivity contribution is 6.79. The molecule has 1 N–H and O–H groups in total. The summed E-state index contributed by atoms with van der Waals surface area (Å²) in [6.45, 7) is 0. The van der Waals surface area contributed by atoms with Crippen LogP contribution in [0.25, 0.3) is 0 Å². The van der Waals surface area contributed by atoms with Crippen molar-refractivity contribution in [3.63, 3.8) is 0 Å². The van der Waals surface area contributed by atoms with Gasteiger partial charge in [-0.25, -0.2) is 0 Å². The Hall–Kier alpha value is -1.06. The van der Waals surface area contributed by atoms with Crippen molar-refractivity contribution in [2.75, 3.05) is 5.43 Å². The van der Waals surface area contributed by atoms with Crippen LogP contribution in [0, 0.1) is 0 Å². The second-order valence-electron chi connectivity index (χ2n) is 2.17. The Morgan fingerprint density at radius 1 is 1.54 bits per heavy atom. The summed E-state index contributed by atoms with van der Waals surface area (Å²) in [7, 11) is 0. The van der Waals surface area contributed by atoms with E-state index in [1.54, 1.807) is 24.3 Å². The van der Waals surface area contributed by atoms with Crippen LogP contribution in [0.5, 0.6) is 0 Å². The minimum atomic E-state index is -0.139. The molecular weight excluding hydrogens is 211 g/mol. The molecule has 0 saturated heterocycles. The Kier molecular flexibility index (Phi) is 3.73. The number of carbonyl (C=O) groups excluding carboxylic acids is 1. The molecule has 0 heterocycles. The van der Waals surface area contributed by atoms with Gasteiger partial charge in [-0.3, -0.25) is 10.2 Å². The number of nitrogens with one attached hydrogen (secondary N) is 1. The van der Waals surface area contributed by atoms with Crippen LogP contribution in [0.1, 0.15) is 0 Å². The van der Waals surface area contributed by atoms with Gasteiger partial charge in [0.15, 0.2) is 11.5 Å². The largest absolute Gasteiger partial charge is 0.295 e. The second kappa shape index (κ2) is 4.84. The summed E-state index contributed by atoms with van der Waals surface area (Å²) in [5, 5.41) is 4.01. The first kappa shape index (κ1) is 10.0. The van der Waals surface area contributed by atoms with Gasteiger partial charge < -0.3 is 0 Å². The summed E-state index contributed by atoms with van der Waals surface area (Å²) < 4.78 is 0. The van der Waals surface area contributed by atoms with Gasteiger partial charge in [0.05, 0.1) is 5.69 Å². The number of hydrogen-bond donors (Lipinski definition) is 1. The molecule has 13 heavy (non-hydrogen) atoms. The first-order valence-corrected chi connectivity index (χ1v) is 4.18. The van der Waals surface area contributed by atoms with Gasteiger partial charge in [-0.05, 0) is 18.2 Å². The van der Waals surface area contributed by atoms with Crippen molar-refractivity contribution in [3.8, 4) is 0 Å². The van der Waals surface area contributed by atoms with Crippen molar-refractivity contribution in [3.05, 3.63) is 29.3 Å². The Morgan fingerprint density at radius 3 is 2.92 bits per heavy atom. The molecule has 0 fully saturated rings. The molecule has 0 unspecified atom stereocenters. The van der Waals surface area contributed by atoms with Gasteiger partial charge in [-0.2, -0.15) is 5.10 Å². The van der Waals surface area contributed by atoms with Gasteiger partial charge in [-0.1, -0.05) is 29.3 Å². The smallest absolute Gasteiger partial charge is 0.189 e. The number of carbonyl (C=O) groups is 1. The van der Waals surface area contributed by atoms with E-state index >= 15 is 0 Å². The highest BCUT2D eigenvalue weighted by Gasteiger charge is 1.92. The summed E-state index contributed by atoms with van der Waals surface area (Å²) >= 11 is 11.0. The Bertz CT molecular complexity index is 339. The SMILES string of the molecule is O=C/C(Cl)=N/Nc1cccc(Cl)c1. The Labute approximate surface area is 85.3 Å². The molecular formula is C8H6Cl2N2O. The number of hydrogen-bond acceptors (Lipinski definition) is 3. The van der Waals surface area contributed by atoms with Crippen molar-refractivity contribution >= 4 is 40.3 Å². The third kappa shape index (κ3) is 3.44. The molecule has 1 aromatic carbocycles. The fourth-order valence-electron chi connectivity index (χ4n) is 0.702. The fraction of sp³-hybridized carbons (Fsp3) is 0. The Morgan fingerprint density at radius 2 is 2.31 bits per heavy atom. The minimum Gasteiger partial charge on any atom is -0.295 e. The highest BCUT2D eigenvalue weighted by Crippen LogP contribution is 2.14. The lowest BCUT2D eigenvalue weighted by molar-refractivity contribution is -0.102.